The van der Waals surface area contributed by atoms with Gasteiger partial charge < -0.3 is 19.5 Å². The zero-order valence-corrected chi connectivity index (χ0v) is 20.3. The number of methoxy groups -OCH3 is 1. The van der Waals surface area contributed by atoms with Crippen molar-refractivity contribution in [1.82, 2.24) is 14.9 Å². The summed E-state index contributed by atoms with van der Waals surface area (Å²) in [5, 5.41) is 4.29. The lowest BCUT2D eigenvalue weighted by Gasteiger charge is -2.28. The minimum Gasteiger partial charge on any atom is -0.383 e. The number of pyridine rings is 1. The summed E-state index contributed by atoms with van der Waals surface area (Å²) in [6, 6.07) is 17.1. The summed E-state index contributed by atoms with van der Waals surface area (Å²) < 4.78 is 7.67. The van der Waals surface area contributed by atoms with E-state index in [1.165, 1.54) is 22.5 Å². The Morgan fingerprint density at radius 3 is 2.50 bits per heavy atom. The van der Waals surface area contributed by atoms with Crippen LogP contribution in [0, 0.1) is 13.8 Å². The summed E-state index contributed by atoms with van der Waals surface area (Å²) in [5.74, 6) is 0.490. The number of anilines is 1. The van der Waals surface area contributed by atoms with E-state index in [9.17, 15) is 0 Å². The number of nitrogens with one attached hydrogen (secondary N) is 1. The maximum atomic E-state index is 5.87. The molecule has 1 aromatic carbocycles. The zero-order chi connectivity index (χ0) is 22.8. The van der Waals surface area contributed by atoms with Crippen molar-refractivity contribution in [3.05, 3.63) is 82.9 Å². The second-order valence-electron chi connectivity index (χ2n) is 8.71. The average molecular weight is 449 g/mol. The summed E-state index contributed by atoms with van der Waals surface area (Å²) in [5.41, 5.74) is 7.12. The van der Waals surface area contributed by atoms with Crippen molar-refractivity contribution < 1.29 is 4.74 Å². The Morgan fingerprint density at radius 1 is 1.12 bits per heavy atom. The van der Waals surface area contributed by atoms with E-state index >= 15 is 0 Å². The minimum absolute atomic E-state index is 0.00444. The number of hydrogen-bond donors (Lipinski definition) is 1. The molecule has 1 fully saturated rings. The van der Waals surface area contributed by atoms with E-state index in [1.807, 2.05) is 18.3 Å². The normalized spacial score (nSPS) is 18.4. The summed E-state index contributed by atoms with van der Waals surface area (Å²) in [6.07, 6.45) is 1.85. The Bertz CT molecular complexity index is 1080. The first-order chi connectivity index (χ1) is 15.4. The second-order valence-corrected chi connectivity index (χ2v) is 9.10. The van der Waals surface area contributed by atoms with Gasteiger partial charge in [0.15, 0.2) is 5.11 Å². The maximum Gasteiger partial charge on any atom is 0.174 e. The molecule has 0 radical (unpaired) electrons. The van der Waals surface area contributed by atoms with Gasteiger partial charge in [-0.2, -0.15) is 0 Å². The topological polar surface area (TPSA) is 42.3 Å². The first kappa shape index (κ1) is 22.5. The molecule has 1 saturated heterocycles. The highest BCUT2D eigenvalue weighted by atomic mass is 32.1. The van der Waals surface area contributed by atoms with Gasteiger partial charge in [0.05, 0.1) is 24.4 Å². The first-order valence-corrected chi connectivity index (χ1v) is 11.6. The first-order valence-electron chi connectivity index (χ1n) is 11.2. The van der Waals surface area contributed by atoms with Crippen LogP contribution in [-0.4, -0.2) is 28.4 Å². The SMILES string of the molecule is COCCn1c(C)cc([C@H]2[C@H](c3ccccn3)NC(=S)N2c2ccc(C(C)C)cc2)c1C. The molecule has 3 heterocycles. The Kier molecular flexibility index (Phi) is 6.63. The van der Waals surface area contributed by atoms with Crippen LogP contribution in [0.2, 0.25) is 0 Å². The Morgan fingerprint density at radius 2 is 1.88 bits per heavy atom. The number of benzene rings is 1. The molecule has 0 spiro atoms. The predicted molar refractivity (Wildman–Crippen MR) is 134 cm³/mol. The molecule has 32 heavy (non-hydrogen) atoms. The molecule has 6 heteroatoms. The van der Waals surface area contributed by atoms with Crippen LogP contribution in [0.15, 0.2) is 54.7 Å². The van der Waals surface area contributed by atoms with E-state index in [2.05, 4.69) is 83.9 Å². The van der Waals surface area contributed by atoms with Crippen LogP contribution in [0.25, 0.3) is 0 Å². The fourth-order valence-electron chi connectivity index (χ4n) is 4.62. The number of aromatic nitrogens is 2. The Hall–Kier alpha value is -2.70. The number of ether oxygens (including phenoxy) is 1. The molecule has 2 aromatic heterocycles. The van der Waals surface area contributed by atoms with Crippen molar-refractivity contribution >= 4 is 23.0 Å². The largest absolute Gasteiger partial charge is 0.383 e. The average Bonchev–Trinajstić information content (AvgIpc) is 3.28. The number of nitrogens with zero attached hydrogens (tertiary/aromatic N) is 3. The lowest BCUT2D eigenvalue weighted by atomic mass is 9.96. The summed E-state index contributed by atoms with van der Waals surface area (Å²) in [6.45, 7) is 10.3. The molecule has 0 amide bonds. The molecule has 5 nitrogen and oxygen atoms in total. The van der Waals surface area contributed by atoms with E-state index in [-0.39, 0.29) is 12.1 Å². The molecule has 0 saturated carbocycles. The molecule has 1 N–H and O–H groups in total. The lowest BCUT2D eigenvalue weighted by molar-refractivity contribution is 0.186. The monoisotopic (exact) mass is 448 g/mol. The van der Waals surface area contributed by atoms with Gasteiger partial charge in [0.25, 0.3) is 0 Å². The highest BCUT2D eigenvalue weighted by molar-refractivity contribution is 7.80. The standard InChI is InChI=1S/C26H32N4OS/c1-17(2)20-9-11-21(12-10-20)30-25(22-16-18(3)29(19(22)4)14-15-31-5)24(28-26(30)32)23-8-6-7-13-27-23/h6-13,16-17,24-25H,14-15H2,1-5H3,(H,28,32)/t24-,25-/m0/s1. The van der Waals surface area contributed by atoms with Crippen molar-refractivity contribution in [2.45, 2.75) is 52.2 Å². The van der Waals surface area contributed by atoms with E-state index < -0.39 is 0 Å². The van der Waals surface area contributed by atoms with Gasteiger partial charge in [-0.05, 0) is 73.4 Å². The molecule has 0 aliphatic carbocycles. The highest BCUT2D eigenvalue weighted by Gasteiger charge is 2.42. The van der Waals surface area contributed by atoms with Crippen molar-refractivity contribution in [2.75, 3.05) is 18.6 Å². The van der Waals surface area contributed by atoms with Crippen LogP contribution < -0.4 is 10.2 Å². The van der Waals surface area contributed by atoms with Gasteiger partial charge in [-0.15, -0.1) is 0 Å². The smallest absolute Gasteiger partial charge is 0.174 e. The third-order valence-electron chi connectivity index (χ3n) is 6.39. The van der Waals surface area contributed by atoms with E-state index in [0.717, 1.165) is 23.0 Å². The Labute approximate surface area is 196 Å². The van der Waals surface area contributed by atoms with Crippen molar-refractivity contribution in [2.24, 2.45) is 0 Å². The van der Waals surface area contributed by atoms with Crippen LogP contribution >= 0.6 is 12.2 Å². The minimum atomic E-state index is -0.0372. The molecule has 168 valence electrons. The third-order valence-corrected chi connectivity index (χ3v) is 6.70. The molecule has 4 rings (SSSR count). The number of aryl methyl sites for hydroxylation is 1. The number of thiocarbonyl (C=S) groups is 1. The molecular weight excluding hydrogens is 416 g/mol. The fraction of sp³-hybridized carbons (Fsp3) is 0.385. The van der Waals surface area contributed by atoms with Gasteiger partial charge in [-0.1, -0.05) is 32.0 Å². The Balaban J connectivity index is 1.81. The van der Waals surface area contributed by atoms with Gasteiger partial charge in [-0.3, -0.25) is 4.98 Å². The van der Waals surface area contributed by atoms with Gasteiger partial charge in [0.1, 0.15) is 0 Å². The van der Waals surface area contributed by atoms with Crippen LogP contribution in [0.3, 0.4) is 0 Å². The predicted octanol–water partition coefficient (Wildman–Crippen LogP) is 5.45. The van der Waals surface area contributed by atoms with Crippen LogP contribution in [0.1, 0.15) is 60.1 Å². The highest BCUT2D eigenvalue weighted by Crippen LogP contribution is 2.43. The van der Waals surface area contributed by atoms with Gasteiger partial charge in [0, 0.05) is 36.9 Å². The van der Waals surface area contributed by atoms with Crippen molar-refractivity contribution in [3.8, 4) is 0 Å². The number of rotatable bonds is 7. The zero-order valence-electron chi connectivity index (χ0n) is 19.5. The van der Waals surface area contributed by atoms with Crippen molar-refractivity contribution in [3.63, 3.8) is 0 Å². The molecule has 1 aliphatic rings. The summed E-state index contributed by atoms with van der Waals surface area (Å²) in [7, 11) is 1.74. The van der Waals surface area contributed by atoms with Gasteiger partial charge in [0.2, 0.25) is 0 Å². The molecular formula is C26H32N4OS. The van der Waals surface area contributed by atoms with Crippen molar-refractivity contribution in [1.29, 1.82) is 0 Å². The number of hydrogen-bond acceptors (Lipinski definition) is 3. The van der Waals surface area contributed by atoms with Gasteiger partial charge >= 0.3 is 0 Å². The molecule has 0 bridgehead atoms. The fourth-order valence-corrected chi connectivity index (χ4v) is 4.97. The molecule has 2 atom stereocenters. The van der Waals surface area contributed by atoms with Crippen LogP contribution in [0.5, 0.6) is 0 Å². The van der Waals surface area contributed by atoms with Crippen LogP contribution in [0.4, 0.5) is 5.69 Å². The van der Waals surface area contributed by atoms with Gasteiger partial charge in [-0.25, -0.2) is 0 Å². The molecule has 3 aromatic rings. The van der Waals surface area contributed by atoms with Crippen LogP contribution in [-0.2, 0) is 11.3 Å². The molecule has 1 aliphatic heterocycles. The van der Waals surface area contributed by atoms with E-state index in [1.54, 1.807) is 7.11 Å². The quantitative estimate of drug-likeness (QED) is 0.487. The summed E-state index contributed by atoms with van der Waals surface area (Å²) in [4.78, 5) is 6.92. The summed E-state index contributed by atoms with van der Waals surface area (Å²) >= 11 is 5.87. The second kappa shape index (κ2) is 9.43. The third kappa shape index (κ3) is 4.17. The lowest BCUT2D eigenvalue weighted by Crippen LogP contribution is -2.29. The van der Waals surface area contributed by atoms with E-state index in [4.69, 9.17) is 17.0 Å². The molecule has 0 unspecified atom stereocenters. The van der Waals surface area contributed by atoms with E-state index in [0.29, 0.717) is 12.5 Å². The maximum absolute atomic E-state index is 5.87.